The van der Waals surface area contributed by atoms with Crippen LogP contribution in [-0.4, -0.2) is 44.9 Å². The Bertz CT molecular complexity index is 972. The average molecular weight is 432 g/mol. The second-order valence-corrected chi connectivity index (χ2v) is 8.05. The summed E-state index contributed by atoms with van der Waals surface area (Å²) in [4.78, 5) is 13.9. The Balaban J connectivity index is 0.00000280. The Labute approximate surface area is 168 Å². The molecule has 0 radical (unpaired) electrons. The summed E-state index contributed by atoms with van der Waals surface area (Å²) in [5.74, 6) is -2.58. The number of hydrogen-bond donors (Lipinski definition) is 2. The predicted octanol–water partition coefficient (Wildman–Crippen LogP) is 2.62. The first kappa shape index (κ1) is 22.1. The van der Waals surface area contributed by atoms with Gasteiger partial charge in [-0.3, -0.25) is 9.52 Å². The summed E-state index contributed by atoms with van der Waals surface area (Å²) in [5, 5.41) is 3.24. The predicted molar refractivity (Wildman–Crippen MR) is 104 cm³/mol. The number of benzene rings is 2. The molecule has 28 heavy (non-hydrogen) atoms. The van der Waals surface area contributed by atoms with E-state index in [1.165, 1.54) is 12.1 Å². The Morgan fingerprint density at radius 3 is 2.61 bits per heavy atom. The van der Waals surface area contributed by atoms with Gasteiger partial charge in [0.1, 0.15) is 0 Å². The SMILES string of the molecule is CC1CN(C(=O)c2cccc(NS(=O)(=O)c3ccc(F)c(F)c3)c2)CCN1.Cl. The molecule has 0 spiro atoms. The van der Waals surface area contributed by atoms with Gasteiger partial charge in [0.2, 0.25) is 0 Å². The van der Waals surface area contributed by atoms with Crippen molar-refractivity contribution in [3.05, 3.63) is 59.7 Å². The third-order valence-electron chi connectivity index (χ3n) is 4.22. The average Bonchev–Trinajstić information content (AvgIpc) is 2.63. The summed E-state index contributed by atoms with van der Waals surface area (Å²) in [5.41, 5.74) is 0.503. The van der Waals surface area contributed by atoms with Crippen LogP contribution in [-0.2, 0) is 10.0 Å². The maximum Gasteiger partial charge on any atom is 0.261 e. The van der Waals surface area contributed by atoms with Gasteiger partial charge in [-0.1, -0.05) is 6.07 Å². The second-order valence-electron chi connectivity index (χ2n) is 6.37. The summed E-state index contributed by atoms with van der Waals surface area (Å²) < 4.78 is 53.4. The van der Waals surface area contributed by atoms with Gasteiger partial charge in [-0.25, -0.2) is 17.2 Å². The van der Waals surface area contributed by atoms with Gasteiger partial charge in [-0.15, -0.1) is 12.4 Å². The van der Waals surface area contributed by atoms with Crippen LogP contribution in [0.2, 0.25) is 0 Å². The molecule has 10 heteroatoms. The van der Waals surface area contributed by atoms with E-state index in [4.69, 9.17) is 0 Å². The van der Waals surface area contributed by atoms with Crippen LogP contribution in [0, 0.1) is 11.6 Å². The highest BCUT2D eigenvalue weighted by molar-refractivity contribution is 7.92. The molecular weight excluding hydrogens is 412 g/mol. The van der Waals surface area contributed by atoms with Crippen LogP contribution in [0.3, 0.4) is 0 Å². The molecule has 6 nitrogen and oxygen atoms in total. The molecule has 1 saturated heterocycles. The van der Waals surface area contributed by atoms with Gasteiger partial charge in [-0.2, -0.15) is 0 Å². The van der Waals surface area contributed by atoms with Crippen LogP contribution in [0.1, 0.15) is 17.3 Å². The number of nitrogens with zero attached hydrogens (tertiary/aromatic N) is 1. The highest BCUT2D eigenvalue weighted by Crippen LogP contribution is 2.20. The smallest absolute Gasteiger partial charge is 0.261 e. The van der Waals surface area contributed by atoms with Crippen molar-refractivity contribution in [1.82, 2.24) is 10.2 Å². The van der Waals surface area contributed by atoms with Crippen LogP contribution >= 0.6 is 12.4 Å². The number of carbonyl (C=O) groups excluding carboxylic acids is 1. The van der Waals surface area contributed by atoms with Crippen LogP contribution < -0.4 is 10.0 Å². The first-order valence-electron chi connectivity index (χ1n) is 8.37. The molecule has 1 unspecified atom stereocenters. The second kappa shape index (κ2) is 8.85. The van der Waals surface area contributed by atoms with Crippen LogP contribution in [0.25, 0.3) is 0 Å². The molecule has 3 rings (SSSR count). The molecule has 2 aromatic rings. The van der Waals surface area contributed by atoms with E-state index in [9.17, 15) is 22.0 Å². The van der Waals surface area contributed by atoms with Crippen molar-refractivity contribution in [3.63, 3.8) is 0 Å². The fourth-order valence-electron chi connectivity index (χ4n) is 2.87. The normalized spacial score (nSPS) is 17.0. The molecule has 1 heterocycles. The lowest BCUT2D eigenvalue weighted by molar-refractivity contribution is 0.0709. The van der Waals surface area contributed by atoms with E-state index in [1.54, 1.807) is 17.0 Å². The number of carbonyl (C=O) groups is 1. The summed E-state index contributed by atoms with van der Waals surface area (Å²) in [7, 11) is -4.12. The molecule has 152 valence electrons. The lowest BCUT2D eigenvalue weighted by Crippen LogP contribution is -2.51. The van der Waals surface area contributed by atoms with E-state index < -0.39 is 26.6 Å². The van der Waals surface area contributed by atoms with Crippen molar-refractivity contribution >= 4 is 34.0 Å². The van der Waals surface area contributed by atoms with E-state index in [0.29, 0.717) is 31.3 Å². The Morgan fingerprint density at radius 1 is 1.18 bits per heavy atom. The molecule has 0 aromatic heterocycles. The number of halogens is 3. The zero-order valence-corrected chi connectivity index (χ0v) is 16.6. The molecule has 0 bridgehead atoms. The molecular formula is C18H20ClF2N3O3S. The summed E-state index contributed by atoms with van der Waals surface area (Å²) >= 11 is 0. The lowest BCUT2D eigenvalue weighted by atomic mass is 10.1. The Kier molecular flexibility index (Phi) is 6.97. The van der Waals surface area contributed by atoms with Crippen molar-refractivity contribution in [2.75, 3.05) is 24.4 Å². The molecule has 2 aromatic carbocycles. The van der Waals surface area contributed by atoms with Crippen molar-refractivity contribution in [2.45, 2.75) is 17.9 Å². The van der Waals surface area contributed by atoms with Crippen molar-refractivity contribution in [2.24, 2.45) is 0 Å². The summed E-state index contributed by atoms with van der Waals surface area (Å²) in [6.07, 6.45) is 0. The fraction of sp³-hybridized carbons (Fsp3) is 0.278. The van der Waals surface area contributed by atoms with E-state index in [2.05, 4.69) is 10.0 Å². The maximum atomic E-state index is 13.3. The molecule has 1 amide bonds. The van der Waals surface area contributed by atoms with Gasteiger partial charge in [0, 0.05) is 36.9 Å². The molecule has 0 saturated carbocycles. The molecule has 1 aliphatic rings. The largest absolute Gasteiger partial charge is 0.336 e. The van der Waals surface area contributed by atoms with Gasteiger partial charge in [-0.05, 0) is 43.3 Å². The minimum Gasteiger partial charge on any atom is -0.336 e. The standard InChI is InChI=1S/C18H19F2N3O3S.ClH/c1-12-11-23(8-7-21-12)18(24)13-3-2-4-14(9-13)22-27(25,26)15-5-6-16(19)17(20)10-15;/h2-6,9-10,12,21-22H,7-8,11H2,1H3;1H. The van der Waals surface area contributed by atoms with E-state index >= 15 is 0 Å². The molecule has 1 fully saturated rings. The van der Waals surface area contributed by atoms with E-state index in [0.717, 1.165) is 12.1 Å². The number of piperazine rings is 1. The maximum absolute atomic E-state index is 13.3. The van der Waals surface area contributed by atoms with Gasteiger partial charge < -0.3 is 10.2 Å². The summed E-state index contributed by atoms with van der Waals surface area (Å²) in [6, 6.07) is 8.56. The first-order chi connectivity index (χ1) is 12.8. The number of nitrogens with one attached hydrogen (secondary N) is 2. The molecule has 0 aliphatic carbocycles. The monoisotopic (exact) mass is 431 g/mol. The minimum atomic E-state index is -4.12. The Hall–Kier alpha value is -2.23. The third-order valence-corrected chi connectivity index (χ3v) is 5.60. The minimum absolute atomic E-state index is 0. The fourth-order valence-corrected chi connectivity index (χ4v) is 3.93. The van der Waals surface area contributed by atoms with E-state index in [1.807, 2.05) is 6.92 Å². The number of hydrogen-bond acceptors (Lipinski definition) is 4. The third kappa shape index (κ3) is 4.98. The van der Waals surface area contributed by atoms with Gasteiger partial charge in [0.15, 0.2) is 11.6 Å². The van der Waals surface area contributed by atoms with Gasteiger partial charge in [0.25, 0.3) is 15.9 Å². The van der Waals surface area contributed by atoms with Crippen LogP contribution in [0.5, 0.6) is 0 Å². The van der Waals surface area contributed by atoms with Crippen LogP contribution in [0.4, 0.5) is 14.5 Å². The number of sulfonamides is 1. The van der Waals surface area contributed by atoms with Crippen LogP contribution in [0.15, 0.2) is 47.4 Å². The van der Waals surface area contributed by atoms with Crippen molar-refractivity contribution in [1.29, 1.82) is 0 Å². The zero-order chi connectivity index (χ0) is 19.6. The highest BCUT2D eigenvalue weighted by Gasteiger charge is 2.22. The van der Waals surface area contributed by atoms with Crippen molar-refractivity contribution < 1.29 is 22.0 Å². The first-order valence-corrected chi connectivity index (χ1v) is 9.85. The molecule has 1 atom stereocenters. The number of rotatable bonds is 4. The number of amides is 1. The topological polar surface area (TPSA) is 78.5 Å². The zero-order valence-electron chi connectivity index (χ0n) is 15.0. The summed E-state index contributed by atoms with van der Waals surface area (Å²) in [6.45, 7) is 3.79. The highest BCUT2D eigenvalue weighted by atomic mass is 35.5. The Morgan fingerprint density at radius 2 is 1.93 bits per heavy atom. The van der Waals surface area contributed by atoms with Crippen molar-refractivity contribution in [3.8, 4) is 0 Å². The lowest BCUT2D eigenvalue weighted by Gasteiger charge is -2.32. The van der Waals surface area contributed by atoms with Gasteiger partial charge in [0.05, 0.1) is 4.90 Å². The quantitative estimate of drug-likeness (QED) is 0.780. The van der Waals surface area contributed by atoms with Gasteiger partial charge >= 0.3 is 0 Å². The number of anilines is 1. The molecule has 2 N–H and O–H groups in total. The van der Waals surface area contributed by atoms with E-state index in [-0.39, 0.29) is 30.0 Å². The molecule has 1 aliphatic heterocycles.